The second-order valence-corrected chi connectivity index (χ2v) is 6.71. The molecule has 0 heterocycles. The Kier molecular flexibility index (Phi) is 7.49. The van der Waals surface area contributed by atoms with Crippen LogP contribution in [-0.2, 0) is 12.8 Å². The van der Waals surface area contributed by atoms with Crippen LogP contribution in [0.1, 0.15) is 34.0 Å². The molecule has 0 atom stereocenters. The Morgan fingerprint density at radius 3 is 2.25 bits per heavy atom. The number of ether oxygens (including phenoxy) is 2. The van der Waals surface area contributed by atoms with Gasteiger partial charge in [0.1, 0.15) is 18.1 Å². The molecule has 1 N–H and O–H groups in total. The quantitative estimate of drug-likeness (QED) is 0.373. The van der Waals surface area contributed by atoms with Crippen molar-refractivity contribution >= 4 is 12.1 Å². The summed E-state index contributed by atoms with van der Waals surface area (Å²) in [6.45, 7) is 2.83. The lowest BCUT2D eigenvalue weighted by Gasteiger charge is -2.08. The molecule has 0 aromatic heterocycles. The summed E-state index contributed by atoms with van der Waals surface area (Å²) in [5.41, 5.74) is 2.97. The van der Waals surface area contributed by atoms with Crippen molar-refractivity contribution in [3.63, 3.8) is 0 Å². The normalized spacial score (nSPS) is 11.4. The lowest BCUT2D eigenvalue weighted by atomic mass is 10.1. The van der Waals surface area contributed by atoms with E-state index in [-0.39, 0.29) is 5.56 Å². The van der Waals surface area contributed by atoms with Crippen molar-refractivity contribution in [2.24, 2.45) is 5.10 Å². The van der Waals surface area contributed by atoms with Gasteiger partial charge in [-0.2, -0.15) is 18.3 Å². The Morgan fingerprint density at radius 2 is 1.62 bits per heavy atom. The van der Waals surface area contributed by atoms with Crippen molar-refractivity contribution in [3.05, 3.63) is 95.1 Å². The van der Waals surface area contributed by atoms with E-state index < -0.39 is 17.6 Å². The van der Waals surface area contributed by atoms with Crippen molar-refractivity contribution in [3.8, 4) is 11.5 Å². The number of halogens is 3. The zero-order valence-electron chi connectivity index (χ0n) is 17.2. The highest BCUT2D eigenvalue weighted by Crippen LogP contribution is 2.29. The average molecular weight is 442 g/mol. The molecule has 1 amide bonds. The Labute approximate surface area is 183 Å². The van der Waals surface area contributed by atoms with Gasteiger partial charge in [0, 0.05) is 5.56 Å². The Balaban J connectivity index is 1.52. The third kappa shape index (κ3) is 6.60. The van der Waals surface area contributed by atoms with Crippen LogP contribution in [0.2, 0.25) is 0 Å². The number of alkyl halides is 3. The molecule has 0 radical (unpaired) electrons. The van der Waals surface area contributed by atoms with Gasteiger partial charge in [-0.3, -0.25) is 4.79 Å². The maximum Gasteiger partial charge on any atom is 0.416 e. The van der Waals surface area contributed by atoms with E-state index in [1.54, 1.807) is 24.3 Å². The molecule has 166 valence electrons. The summed E-state index contributed by atoms with van der Waals surface area (Å²) in [7, 11) is 0. The van der Waals surface area contributed by atoms with E-state index in [0.29, 0.717) is 24.5 Å². The molecular weight excluding hydrogens is 421 g/mol. The van der Waals surface area contributed by atoms with Crippen LogP contribution >= 0.6 is 0 Å². The number of hydrazone groups is 1. The predicted molar refractivity (Wildman–Crippen MR) is 115 cm³/mol. The minimum absolute atomic E-state index is 0.224. The van der Waals surface area contributed by atoms with Crippen LogP contribution in [0.15, 0.2) is 77.9 Å². The summed E-state index contributed by atoms with van der Waals surface area (Å²) in [5.74, 6) is 0.984. The van der Waals surface area contributed by atoms with Crippen LogP contribution in [0.25, 0.3) is 0 Å². The summed E-state index contributed by atoms with van der Waals surface area (Å²) in [6, 6.07) is 18.7. The molecule has 3 aromatic rings. The van der Waals surface area contributed by atoms with E-state index in [0.717, 1.165) is 29.7 Å². The molecule has 0 unspecified atom stereocenters. The van der Waals surface area contributed by atoms with Crippen LogP contribution in [0.5, 0.6) is 11.5 Å². The van der Waals surface area contributed by atoms with E-state index in [1.807, 2.05) is 31.2 Å². The molecule has 0 fully saturated rings. The van der Waals surface area contributed by atoms with E-state index in [2.05, 4.69) is 10.5 Å². The lowest BCUT2D eigenvalue weighted by Crippen LogP contribution is -2.17. The first-order valence-corrected chi connectivity index (χ1v) is 9.80. The molecule has 0 aliphatic rings. The average Bonchev–Trinajstić information content (AvgIpc) is 2.79. The van der Waals surface area contributed by atoms with Crippen molar-refractivity contribution < 1.29 is 27.4 Å². The van der Waals surface area contributed by atoms with Gasteiger partial charge in [0.15, 0.2) is 0 Å². The minimum atomic E-state index is -4.44. The Bertz CT molecular complexity index is 1060. The molecule has 0 saturated carbocycles. The van der Waals surface area contributed by atoms with Gasteiger partial charge in [-0.15, -0.1) is 0 Å². The molecule has 5 nitrogen and oxygen atoms in total. The summed E-state index contributed by atoms with van der Waals surface area (Å²) < 4.78 is 49.3. The first kappa shape index (κ1) is 22.9. The smallest absolute Gasteiger partial charge is 0.416 e. The van der Waals surface area contributed by atoms with Crippen molar-refractivity contribution in [1.82, 2.24) is 5.43 Å². The first-order valence-electron chi connectivity index (χ1n) is 9.80. The van der Waals surface area contributed by atoms with Crippen molar-refractivity contribution in [2.45, 2.75) is 19.7 Å². The summed E-state index contributed by atoms with van der Waals surface area (Å²) in [6.07, 6.45) is -3.28. The summed E-state index contributed by atoms with van der Waals surface area (Å²) >= 11 is 0. The number of nitrogens with one attached hydrogen (secondary N) is 1. The van der Waals surface area contributed by atoms with Gasteiger partial charge in [-0.05, 0) is 66.6 Å². The van der Waals surface area contributed by atoms with Gasteiger partial charge in [-0.25, -0.2) is 5.43 Å². The highest BCUT2D eigenvalue weighted by atomic mass is 19.4. The van der Waals surface area contributed by atoms with Crippen LogP contribution < -0.4 is 14.9 Å². The number of nitrogens with zero attached hydrogens (tertiary/aromatic N) is 1. The molecular formula is C24H21F3N2O3. The highest BCUT2D eigenvalue weighted by molar-refractivity contribution is 5.94. The van der Waals surface area contributed by atoms with E-state index in [1.165, 1.54) is 12.1 Å². The second kappa shape index (κ2) is 10.5. The van der Waals surface area contributed by atoms with Gasteiger partial charge < -0.3 is 9.47 Å². The molecule has 32 heavy (non-hydrogen) atoms. The second-order valence-electron chi connectivity index (χ2n) is 6.71. The fraction of sp³-hybridized carbons (Fsp3) is 0.167. The van der Waals surface area contributed by atoms with Gasteiger partial charge in [0.25, 0.3) is 5.91 Å². The van der Waals surface area contributed by atoms with Crippen LogP contribution in [0.4, 0.5) is 13.2 Å². The Morgan fingerprint density at radius 1 is 0.969 bits per heavy atom. The largest absolute Gasteiger partial charge is 0.494 e. The van der Waals surface area contributed by atoms with E-state index >= 15 is 0 Å². The first-order chi connectivity index (χ1) is 15.3. The molecule has 0 aliphatic carbocycles. The molecule has 0 spiro atoms. The minimum Gasteiger partial charge on any atom is -0.494 e. The molecule has 0 aliphatic heterocycles. The summed E-state index contributed by atoms with van der Waals surface area (Å²) in [5, 5.41) is 3.73. The zero-order chi connectivity index (χ0) is 23.0. The number of carbonyl (C=O) groups excluding carboxylic acids is 1. The van der Waals surface area contributed by atoms with Crippen LogP contribution in [0, 0.1) is 0 Å². The molecule has 3 aromatic carbocycles. The fourth-order valence-electron chi connectivity index (χ4n) is 2.74. The number of hydrogen-bond donors (Lipinski definition) is 1. The lowest BCUT2D eigenvalue weighted by molar-refractivity contribution is -0.137. The van der Waals surface area contributed by atoms with Gasteiger partial charge in [0.05, 0.1) is 18.4 Å². The summed E-state index contributed by atoms with van der Waals surface area (Å²) in [4.78, 5) is 12.2. The van der Waals surface area contributed by atoms with Gasteiger partial charge in [-0.1, -0.05) is 24.3 Å². The number of amides is 1. The third-order valence-electron chi connectivity index (χ3n) is 4.35. The van der Waals surface area contributed by atoms with Crippen molar-refractivity contribution in [2.75, 3.05) is 6.61 Å². The molecule has 0 saturated heterocycles. The van der Waals surface area contributed by atoms with Crippen molar-refractivity contribution in [1.29, 1.82) is 0 Å². The predicted octanol–water partition coefficient (Wildman–Crippen LogP) is 5.45. The number of carbonyl (C=O) groups is 1. The maximum atomic E-state index is 12.7. The standard InChI is InChI=1S/C24H21F3N2O3/c1-2-31-21-10-12-22(13-11-21)32-16-17-6-8-19(9-7-17)23(30)29-28-15-18-4-3-5-20(14-18)24(25,26)27/h3-15H,2,16H2,1H3,(H,29,30)/b28-15+. The van der Waals surface area contributed by atoms with E-state index in [4.69, 9.17) is 9.47 Å². The molecule has 3 rings (SSSR count). The van der Waals surface area contributed by atoms with E-state index in [9.17, 15) is 18.0 Å². The highest BCUT2D eigenvalue weighted by Gasteiger charge is 2.30. The van der Waals surface area contributed by atoms with Crippen LogP contribution in [-0.4, -0.2) is 18.7 Å². The maximum absolute atomic E-state index is 12.7. The number of rotatable bonds is 8. The van der Waals surface area contributed by atoms with Gasteiger partial charge in [0.2, 0.25) is 0 Å². The molecule has 0 bridgehead atoms. The fourth-order valence-corrected chi connectivity index (χ4v) is 2.74. The van der Waals surface area contributed by atoms with Crippen LogP contribution in [0.3, 0.4) is 0 Å². The Hall–Kier alpha value is -3.81. The number of hydrogen-bond acceptors (Lipinski definition) is 4. The topological polar surface area (TPSA) is 59.9 Å². The monoisotopic (exact) mass is 442 g/mol. The molecule has 8 heteroatoms. The number of benzene rings is 3. The van der Waals surface area contributed by atoms with Gasteiger partial charge >= 0.3 is 6.18 Å². The zero-order valence-corrected chi connectivity index (χ0v) is 17.2. The SMILES string of the molecule is CCOc1ccc(OCc2ccc(C(=O)N/N=C/c3cccc(C(F)(F)F)c3)cc2)cc1. The third-order valence-corrected chi connectivity index (χ3v) is 4.35.